The zero-order valence-electron chi connectivity index (χ0n) is 10.8. The molecule has 1 aromatic heterocycles. The first-order chi connectivity index (χ1) is 8.50. The topological polar surface area (TPSA) is 51.5 Å². The van der Waals surface area contributed by atoms with Gasteiger partial charge in [-0.2, -0.15) is 0 Å². The maximum atomic E-state index is 11.5. The Morgan fingerprint density at radius 1 is 1.44 bits per heavy atom. The number of aryl methyl sites for hydroxylation is 1. The zero-order chi connectivity index (χ0) is 13.3. The normalized spacial score (nSPS) is 14.6. The van der Waals surface area contributed by atoms with Crippen LogP contribution in [0.1, 0.15) is 12.5 Å². The molecule has 0 fully saturated rings. The summed E-state index contributed by atoms with van der Waals surface area (Å²) in [5, 5.41) is 10.5. The Morgan fingerprint density at radius 3 is 2.78 bits per heavy atom. The largest absolute Gasteiger partial charge is 0.479 e. The molecule has 0 radical (unpaired) electrons. The molecule has 0 amide bonds. The fraction of sp³-hybridized carbons (Fsp3) is 0.357. The highest BCUT2D eigenvalue weighted by atomic mass is 16.5. The van der Waals surface area contributed by atoms with Gasteiger partial charge in [0.05, 0.1) is 6.61 Å². The van der Waals surface area contributed by atoms with Crippen molar-refractivity contribution in [3.63, 3.8) is 0 Å². The van der Waals surface area contributed by atoms with Gasteiger partial charge in [0.2, 0.25) is 0 Å². The van der Waals surface area contributed by atoms with E-state index in [-0.39, 0.29) is 6.61 Å². The van der Waals surface area contributed by atoms with E-state index >= 15 is 0 Å². The SMILES string of the molecule is COCC(C)(C(=O)O)n1ccc2c(C)cccc21. The molecular weight excluding hydrogens is 230 g/mol. The number of hydrogen-bond donors (Lipinski definition) is 1. The number of ether oxygens (including phenoxy) is 1. The molecule has 1 aromatic carbocycles. The number of hydrogen-bond acceptors (Lipinski definition) is 2. The number of aromatic nitrogens is 1. The van der Waals surface area contributed by atoms with Crippen molar-refractivity contribution in [1.82, 2.24) is 4.57 Å². The van der Waals surface area contributed by atoms with Gasteiger partial charge in [-0.25, -0.2) is 4.79 Å². The summed E-state index contributed by atoms with van der Waals surface area (Å²) in [5.41, 5.74) is 0.956. The maximum absolute atomic E-state index is 11.5. The third-order valence-corrected chi connectivity index (χ3v) is 3.37. The van der Waals surface area contributed by atoms with E-state index in [0.717, 1.165) is 16.5 Å². The van der Waals surface area contributed by atoms with Crippen LogP contribution in [0.15, 0.2) is 30.5 Å². The van der Waals surface area contributed by atoms with Gasteiger partial charge in [-0.15, -0.1) is 0 Å². The van der Waals surface area contributed by atoms with E-state index in [4.69, 9.17) is 4.74 Å². The monoisotopic (exact) mass is 247 g/mol. The summed E-state index contributed by atoms with van der Waals surface area (Å²) in [6.07, 6.45) is 1.81. The lowest BCUT2D eigenvalue weighted by Crippen LogP contribution is -2.42. The number of benzene rings is 1. The van der Waals surface area contributed by atoms with Crippen LogP contribution in [0.25, 0.3) is 10.9 Å². The highest BCUT2D eigenvalue weighted by molar-refractivity contribution is 5.87. The van der Waals surface area contributed by atoms with Gasteiger partial charge in [0.25, 0.3) is 0 Å². The third-order valence-electron chi connectivity index (χ3n) is 3.37. The first-order valence-electron chi connectivity index (χ1n) is 5.80. The number of fused-ring (bicyclic) bond motifs is 1. The van der Waals surface area contributed by atoms with Gasteiger partial charge in [0, 0.05) is 24.2 Å². The van der Waals surface area contributed by atoms with Crippen LogP contribution in [0.2, 0.25) is 0 Å². The van der Waals surface area contributed by atoms with Gasteiger partial charge in [0.15, 0.2) is 5.54 Å². The number of carboxylic acid groups (broad SMARTS) is 1. The molecule has 0 saturated heterocycles. The number of rotatable bonds is 4. The second-order valence-corrected chi connectivity index (χ2v) is 4.71. The standard InChI is InChI=1S/C14H17NO3/c1-10-5-4-6-12-11(10)7-8-15(12)14(2,9-18-3)13(16)17/h4-8H,9H2,1-3H3,(H,16,17). The molecule has 0 aliphatic rings. The minimum absolute atomic E-state index is 0.125. The highest BCUT2D eigenvalue weighted by Crippen LogP contribution is 2.27. The lowest BCUT2D eigenvalue weighted by Gasteiger charge is -2.27. The molecule has 2 aromatic rings. The van der Waals surface area contributed by atoms with E-state index in [0.29, 0.717) is 0 Å². The molecule has 0 aliphatic carbocycles. The van der Waals surface area contributed by atoms with E-state index in [1.807, 2.05) is 37.4 Å². The quantitative estimate of drug-likeness (QED) is 0.902. The van der Waals surface area contributed by atoms with Crippen LogP contribution in [0.5, 0.6) is 0 Å². The predicted molar refractivity (Wildman–Crippen MR) is 69.8 cm³/mol. The fourth-order valence-corrected chi connectivity index (χ4v) is 2.27. The molecule has 1 N–H and O–H groups in total. The second kappa shape index (κ2) is 4.46. The van der Waals surface area contributed by atoms with Crippen molar-refractivity contribution in [3.05, 3.63) is 36.0 Å². The molecule has 0 bridgehead atoms. The van der Waals surface area contributed by atoms with Gasteiger partial charge < -0.3 is 14.4 Å². The van der Waals surface area contributed by atoms with Crippen molar-refractivity contribution in [1.29, 1.82) is 0 Å². The Kier molecular flexibility index (Phi) is 3.13. The van der Waals surface area contributed by atoms with Crippen molar-refractivity contribution in [2.75, 3.05) is 13.7 Å². The van der Waals surface area contributed by atoms with Crippen molar-refractivity contribution < 1.29 is 14.6 Å². The lowest BCUT2D eigenvalue weighted by molar-refractivity contribution is -0.149. The first-order valence-corrected chi connectivity index (χ1v) is 5.80. The Balaban J connectivity index is 2.66. The molecule has 1 heterocycles. The molecule has 1 unspecified atom stereocenters. The van der Waals surface area contributed by atoms with Gasteiger partial charge in [-0.05, 0) is 31.5 Å². The number of carboxylic acids is 1. The van der Waals surface area contributed by atoms with E-state index in [9.17, 15) is 9.90 Å². The third kappa shape index (κ3) is 1.78. The molecule has 0 aliphatic heterocycles. The van der Waals surface area contributed by atoms with Crippen LogP contribution in [-0.4, -0.2) is 29.4 Å². The van der Waals surface area contributed by atoms with Crippen molar-refractivity contribution in [2.24, 2.45) is 0 Å². The fourth-order valence-electron chi connectivity index (χ4n) is 2.27. The Labute approximate surface area is 106 Å². The summed E-state index contributed by atoms with van der Waals surface area (Å²) in [6.45, 7) is 3.81. The van der Waals surface area contributed by atoms with Gasteiger partial charge in [0.1, 0.15) is 0 Å². The summed E-state index contributed by atoms with van der Waals surface area (Å²) in [5.74, 6) is -0.900. The molecular formula is C14H17NO3. The molecule has 18 heavy (non-hydrogen) atoms. The average Bonchev–Trinajstić information content (AvgIpc) is 2.74. The van der Waals surface area contributed by atoms with Crippen LogP contribution < -0.4 is 0 Å². The molecule has 96 valence electrons. The molecule has 0 saturated carbocycles. The summed E-state index contributed by atoms with van der Waals surface area (Å²) < 4.78 is 6.83. The molecule has 2 rings (SSSR count). The molecule has 4 nitrogen and oxygen atoms in total. The predicted octanol–water partition coefficient (Wildman–Crippen LogP) is 2.40. The lowest BCUT2D eigenvalue weighted by atomic mass is 10.0. The minimum atomic E-state index is -1.09. The van der Waals surface area contributed by atoms with Crippen molar-refractivity contribution in [3.8, 4) is 0 Å². The second-order valence-electron chi connectivity index (χ2n) is 4.71. The molecule has 1 atom stereocenters. The smallest absolute Gasteiger partial charge is 0.332 e. The van der Waals surface area contributed by atoms with Crippen LogP contribution in [-0.2, 0) is 15.1 Å². The maximum Gasteiger partial charge on any atom is 0.332 e. The van der Waals surface area contributed by atoms with Crippen molar-refractivity contribution >= 4 is 16.9 Å². The summed E-state index contributed by atoms with van der Waals surface area (Å²) in [7, 11) is 1.51. The van der Waals surface area contributed by atoms with E-state index < -0.39 is 11.5 Å². The van der Waals surface area contributed by atoms with E-state index in [1.165, 1.54) is 7.11 Å². The minimum Gasteiger partial charge on any atom is -0.479 e. The van der Waals surface area contributed by atoms with E-state index in [1.54, 1.807) is 11.5 Å². The highest BCUT2D eigenvalue weighted by Gasteiger charge is 2.36. The van der Waals surface area contributed by atoms with Gasteiger partial charge >= 0.3 is 5.97 Å². The summed E-state index contributed by atoms with van der Waals surface area (Å²) >= 11 is 0. The summed E-state index contributed by atoms with van der Waals surface area (Å²) in [4.78, 5) is 11.5. The molecule has 4 heteroatoms. The van der Waals surface area contributed by atoms with E-state index in [2.05, 4.69) is 0 Å². The van der Waals surface area contributed by atoms with Crippen LogP contribution >= 0.6 is 0 Å². The van der Waals surface area contributed by atoms with Crippen molar-refractivity contribution in [2.45, 2.75) is 19.4 Å². The van der Waals surface area contributed by atoms with Crippen LogP contribution in [0.3, 0.4) is 0 Å². The Bertz CT molecular complexity index is 588. The van der Waals surface area contributed by atoms with Crippen LogP contribution in [0, 0.1) is 6.92 Å². The Hall–Kier alpha value is -1.81. The summed E-state index contributed by atoms with van der Waals surface area (Å²) in [6, 6.07) is 7.82. The molecule has 0 spiro atoms. The first kappa shape index (κ1) is 12.6. The number of methoxy groups -OCH3 is 1. The van der Waals surface area contributed by atoms with Gasteiger partial charge in [-0.1, -0.05) is 12.1 Å². The number of carbonyl (C=O) groups is 1. The Morgan fingerprint density at radius 2 is 2.17 bits per heavy atom. The number of nitrogens with zero attached hydrogens (tertiary/aromatic N) is 1. The average molecular weight is 247 g/mol. The van der Waals surface area contributed by atoms with Crippen LogP contribution in [0.4, 0.5) is 0 Å². The zero-order valence-corrected chi connectivity index (χ0v) is 10.8. The number of aliphatic carboxylic acids is 1. The van der Waals surface area contributed by atoms with Gasteiger partial charge in [-0.3, -0.25) is 0 Å².